The van der Waals surface area contributed by atoms with Crippen molar-refractivity contribution in [3.8, 4) is 5.75 Å². The maximum Gasteiger partial charge on any atom is 0.328 e. The molecule has 2 aromatic carbocycles. The minimum Gasteiger partial charge on any atom is -0.495 e. The lowest BCUT2D eigenvalue weighted by Gasteiger charge is -2.11. The number of nitrogens with zero attached hydrogens (tertiary/aromatic N) is 2. The Morgan fingerprint density at radius 1 is 1.08 bits per heavy atom. The zero-order chi connectivity index (χ0) is 18.1. The molecule has 3 rings (SSSR count). The molecule has 0 bridgehead atoms. The Morgan fingerprint density at radius 3 is 2.52 bits per heavy atom. The second-order valence-corrected chi connectivity index (χ2v) is 6.15. The van der Waals surface area contributed by atoms with E-state index in [1.165, 1.54) is 0 Å². The minimum atomic E-state index is -0.135. The lowest BCUT2D eigenvalue weighted by atomic mass is 10.1. The highest BCUT2D eigenvalue weighted by Crippen LogP contribution is 2.25. The smallest absolute Gasteiger partial charge is 0.328 e. The number of fused-ring (bicyclic) bond motifs is 1. The van der Waals surface area contributed by atoms with Crippen LogP contribution in [0, 0.1) is 6.92 Å². The molecule has 3 aromatic rings. The van der Waals surface area contributed by atoms with Gasteiger partial charge in [0.25, 0.3) is 0 Å². The topological polar surface area (TPSA) is 65.3 Å². The largest absolute Gasteiger partial charge is 0.495 e. The fraction of sp³-hybridized carbons (Fsp3) is 0.263. The van der Waals surface area contributed by atoms with E-state index in [0.717, 1.165) is 22.2 Å². The summed E-state index contributed by atoms with van der Waals surface area (Å²) in [6, 6.07) is 11.3. The Balaban J connectivity index is 1.84. The number of nitrogens with one attached hydrogen (secondary N) is 1. The number of carbonyl (C=O) groups is 1. The number of aryl methyl sites for hydroxylation is 3. The van der Waals surface area contributed by atoms with Gasteiger partial charge < -0.3 is 10.1 Å². The molecule has 0 saturated carbocycles. The van der Waals surface area contributed by atoms with E-state index in [0.29, 0.717) is 11.4 Å². The van der Waals surface area contributed by atoms with Gasteiger partial charge in [-0.25, -0.2) is 4.79 Å². The molecule has 130 valence electrons. The molecule has 0 fully saturated rings. The van der Waals surface area contributed by atoms with Crippen LogP contribution in [-0.2, 0) is 25.3 Å². The molecule has 25 heavy (non-hydrogen) atoms. The summed E-state index contributed by atoms with van der Waals surface area (Å²) in [7, 11) is 5.04. The van der Waals surface area contributed by atoms with Crippen LogP contribution in [0.2, 0.25) is 0 Å². The Morgan fingerprint density at radius 2 is 1.80 bits per heavy atom. The van der Waals surface area contributed by atoms with Crippen LogP contribution in [0.5, 0.6) is 5.75 Å². The third kappa shape index (κ3) is 3.15. The normalized spacial score (nSPS) is 10.9. The highest BCUT2D eigenvalue weighted by molar-refractivity contribution is 5.94. The molecule has 0 aliphatic heterocycles. The second kappa shape index (κ2) is 6.47. The van der Waals surface area contributed by atoms with Crippen LogP contribution in [0.3, 0.4) is 0 Å². The minimum absolute atomic E-state index is 0.0823. The highest BCUT2D eigenvalue weighted by atomic mass is 16.5. The number of imidazole rings is 1. The molecular weight excluding hydrogens is 318 g/mol. The number of anilines is 1. The Hall–Kier alpha value is -3.02. The second-order valence-electron chi connectivity index (χ2n) is 6.15. The van der Waals surface area contributed by atoms with Crippen LogP contribution in [0.25, 0.3) is 11.0 Å². The number of aromatic nitrogens is 2. The van der Waals surface area contributed by atoms with Gasteiger partial charge in [0.2, 0.25) is 5.91 Å². The summed E-state index contributed by atoms with van der Waals surface area (Å²) in [5.74, 6) is 0.490. The number of ether oxygens (including phenoxy) is 1. The first-order valence-corrected chi connectivity index (χ1v) is 7.99. The molecule has 1 aromatic heterocycles. The van der Waals surface area contributed by atoms with Crippen molar-refractivity contribution in [3.05, 3.63) is 58.0 Å². The number of hydrogen-bond acceptors (Lipinski definition) is 3. The van der Waals surface area contributed by atoms with Crippen LogP contribution in [-0.4, -0.2) is 22.2 Å². The van der Waals surface area contributed by atoms with Crippen molar-refractivity contribution in [3.63, 3.8) is 0 Å². The first-order valence-electron chi connectivity index (χ1n) is 7.99. The molecule has 1 amide bonds. The third-order valence-electron chi connectivity index (χ3n) is 4.33. The summed E-state index contributed by atoms with van der Waals surface area (Å²) in [5.41, 5.74) is 4.11. The number of benzene rings is 2. The molecule has 1 heterocycles. The summed E-state index contributed by atoms with van der Waals surface area (Å²) in [6.07, 6.45) is 0.218. The van der Waals surface area contributed by atoms with Gasteiger partial charge in [-0.3, -0.25) is 13.9 Å². The van der Waals surface area contributed by atoms with Gasteiger partial charge in [0.1, 0.15) is 5.75 Å². The number of rotatable bonds is 4. The van der Waals surface area contributed by atoms with E-state index in [4.69, 9.17) is 4.74 Å². The summed E-state index contributed by atoms with van der Waals surface area (Å²) < 4.78 is 8.46. The molecule has 0 unspecified atom stereocenters. The summed E-state index contributed by atoms with van der Waals surface area (Å²) in [6.45, 7) is 1.96. The van der Waals surface area contributed by atoms with Crippen LogP contribution < -0.4 is 15.7 Å². The molecule has 0 atom stereocenters. The Bertz CT molecular complexity index is 1010. The van der Waals surface area contributed by atoms with E-state index in [2.05, 4.69) is 5.32 Å². The standard InChI is InChI=1S/C19H21N3O3/c1-12-5-8-17(25-4)14(9-12)20-18(23)11-13-6-7-15-16(10-13)22(3)19(24)21(15)2/h5-10H,11H2,1-4H3,(H,20,23). The molecule has 0 spiro atoms. The van der Waals surface area contributed by atoms with Crippen molar-refractivity contribution >= 4 is 22.6 Å². The maximum absolute atomic E-state index is 12.4. The van der Waals surface area contributed by atoms with Crippen LogP contribution >= 0.6 is 0 Å². The monoisotopic (exact) mass is 339 g/mol. The SMILES string of the molecule is COc1ccc(C)cc1NC(=O)Cc1ccc2c(c1)n(C)c(=O)n2C. The first kappa shape index (κ1) is 16.8. The van der Waals surface area contributed by atoms with Gasteiger partial charge >= 0.3 is 5.69 Å². The zero-order valence-corrected chi connectivity index (χ0v) is 14.8. The van der Waals surface area contributed by atoms with Gasteiger partial charge in [-0.05, 0) is 42.3 Å². The average Bonchev–Trinajstić information content (AvgIpc) is 2.79. The molecular formula is C19H21N3O3. The number of hydrogen-bond donors (Lipinski definition) is 1. The van der Waals surface area contributed by atoms with E-state index in [-0.39, 0.29) is 18.0 Å². The van der Waals surface area contributed by atoms with E-state index in [1.54, 1.807) is 30.3 Å². The van der Waals surface area contributed by atoms with Crippen molar-refractivity contribution in [1.82, 2.24) is 9.13 Å². The van der Waals surface area contributed by atoms with Gasteiger partial charge in [-0.1, -0.05) is 12.1 Å². The van der Waals surface area contributed by atoms with Crippen molar-refractivity contribution < 1.29 is 9.53 Å². The van der Waals surface area contributed by atoms with E-state index >= 15 is 0 Å². The quantitative estimate of drug-likeness (QED) is 0.794. The predicted molar refractivity (Wildman–Crippen MR) is 98.2 cm³/mol. The summed E-state index contributed by atoms with van der Waals surface area (Å²) >= 11 is 0. The van der Waals surface area contributed by atoms with Crippen LogP contribution in [0.4, 0.5) is 5.69 Å². The lowest BCUT2D eigenvalue weighted by Crippen LogP contribution is -2.19. The van der Waals surface area contributed by atoms with Crippen molar-refractivity contribution in [2.45, 2.75) is 13.3 Å². The van der Waals surface area contributed by atoms with E-state index < -0.39 is 0 Å². The zero-order valence-electron chi connectivity index (χ0n) is 14.8. The number of methoxy groups -OCH3 is 1. The van der Waals surface area contributed by atoms with Gasteiger partial charge in [-0.15, -0.1) is 0 Å². The van der Waals surface area contributed by atoms with Gasteiger partial charge in [0, 0.05) is 14.1 Å². The van der Waals surface area contributed by atoms with Crippen LogP contribution in [0.1, 0.15) is 11.1 Å². The molecule has 0 radical (unpaired) electrons. The summed E-state index contributed by atoms with van der Waals surface area (Å²) in [5, 5.41) is 2.89. The predicted octanol–water partition coefficient (Wildman–Crippen LogP) is 2.38. The third-order valence-corrected chi connectivity index (χ3v) is 4.33. The van der Waals surface area contributed by atoms with Crippen molar-refractivity contribution in [1.29, 1.82) is 0 Å². The first-order chi connectivity index (χ1) is 11.9. The molecule has 6 nitrogen and oxygen atoms in total. The molecule has 1 N–H and O–H groups in total. The highest BCUT2D eigenvalue weighted by Gasteiger charge is 2.12. The molecule has 0 aliphatic rings. The number of amides is 1. The summed E-state index contributed by atoms with van der Waals surface area (Å²) in [4.78, 5) is 24.4. The van der Waals surface area contributed by atoms with Crippen molar-refractivity contribution in [2.24, 2.45) is 14.1 Å². The fourth-order valence-electron chi connectivity index (χ4n) is 2.96. The fourth-order valence-corrected chi connectivity index (χ4v) is 2.96. The van der Waals surface area contributed by atoms with E-state index in [1.807, 2.05) is 43.3 Å². The van der Waals surface area contributed by atoms with Gasteiger partial charge in [0.05, 0.1) is 30.3 Å². The molecule has 6 heteroatoms. The van der Waals surface area contributed by atoms with Gasteiger partial charge in [0.15, 0.2) is 0 Å². The average molecular weight is 339 g/mol. The van der Waals surface area contributed by atoms with Gasteiger partial charge in [-0.2, -0.15) is 0 Å². The number of carbonyl (C=O) groups excluding carboxylic acids is 1. The Kier molecular flexibility index (Phi) is 4.35. The lowest BCUT2D eigenvalue weighted by molar-refractivity contribution is -0.115. The Labute approximate surface area is 145 Å². The van der Waals surface area contributed by atoms with Crippen molar-refractivity contribution in [2.75, 3.05) is 12.4 Å². The van der Waals surface area contributed by atoms with Crippen LogP contribution in [0.15, 0.2) is 41.2 Å². The maximum atomic E-state index is 12.4. The molecule has 0 saturated heterocycles. The van der Waals surface area contributed by atoms with E-state index in [9.17, 15) is 9.59 Å². The molecule has 0 aliphatic carbocycles.